The summed E-state index contributed by atoms with van der Waals surface area (Å²) < 4.78 is 1.62. The predicted molar refractivity (Wildman–Crippen MR) is 102 cm³/mol. The molecular formula is C19H24ClN5O. The first-order chi connectivity index (χ1) is 12.7. The fourth-order valence-corrected chi connectivity index (χ4v) is 4.53. The van der Waals surface area contributed by atoms with E-state index in [0.717, 1.165) is 30.6 Å². The number of rotatable bonds is 4. The summed E-state index contributed by atoms with van der Waals surface area (Å²) >= 11 is 6.12. The van der Waals surface area contributed by atoms with Crippen molar-refractivity contribution in [2.75, 3.05) is 25.0 Å². The van der Waals surface area contributed by atoms with E-state index in [1.165, 1.54) is 38.4 Å². The van der Waals surface area contributed by atoms with Crippen LogP contribution in [0.25, 0.3) is 5.69 Å². The second kappa shape index (κ2) is 7.76. The molecule has 1 aromatic carbocycles. The number of hydrogen-bond acceptors (Lipinski definition) is 4. The van der Waals surface area contributed by atoms with E-state index in [1.54, 1.807) is 23.1 Å². The Balaban J connectivity index is 1.41. The molecule has 1 aliphatic carbocycles. The van der Waals surface area contributed by atoms with E-state index in [0.29, 0.717) is 17.3 Å². The van der Waals surface area contributed by atoms with Gasteiger partial charge in [0.2, 0.25) is 5.91 Å². The van der Waals surface area contributed by atoms with Crippen molar-refractivity contribution in [2.45, 2.75) is 32.1 Å². The number of anilines is 1. The Kier molecular flexibility index (Phi) is 5.22. The molecule has 1 N–H and O–H groups in total. The van der Waals surface area contributed by atoms with Crippen LogP contribution in [-0.2, 0) is 4.79 Å². The van der Waals surface area contributed by atoms with Crippen molar-refractivity contribution in [1.29, 1.82) is 0 Å². The van der Waals surface area contributed by atoms with Crippen LogP contribution in [0.2, 0.25) is 5.02 Å². The third-order valence-electron chi connectivity index (χ3n) is 5.64. The van der Waals surface area contributed by atoms with E-state index in [1.807, 2.05) is 6.07 Å². The third-order valence-corrected chi connectivity index (χ3v) is 5.88. The van der Waals surface area contributed by atoms with Crippen LogP contribution in [0, 0.1) is 11.8 Å². The summed E-state index contributed by atoms with van der Waals surface area (Å²) in [6, 6.07) is 5.37. The first kappa shape index (κ1) is 17.5. The monoisotopic (exact) mass is 373 g/mol. The van der Waals surface area contributed by atoms with Crippen LogP contribution in [0.1, 0.15) is 32.1 Å². The zero-order valence-corrected chi connectivity index (χ0v) is 15.5. The highest BCUT2D eigenvalue weighted by atomic mass is 35.5. The summed E-state index contributed by atoms with van der Waals surface area (Å²) in [5, 5.41) is 7.73. The van der Waals surface area contributed by atoms with Gasteiger partial charge in [0.1, 0.15) is 12.7 Å². The van der Waals surface area contributed by atoms with Gasteiger partial charge < -0.3 is 5.32 Å². The van der Waals surface area contributed by atoms with Gasteiger partial charge in [-0.25, -0.2) is 9.67 Å². The van der Waals surface area contributed by atoms with Gasteiger partial charge >= 0.3 is 0 Å². The molecule has 0 spiro atoms. The summed E-state index contributed by atoms with van der Waals surface area (Å²) in [5.74, 6) is 1.62. The Bertz CT molecular complexity index is 763. The molecule has 0 bridgehead atoms. The molecule has 2 heterocycles. The van der Waals surface area contributed by atoms with Crippen molar-refractivity contribution in [3.8, 4) is 5.69 Å². The number of fused-ring (bicyclic) bond motifs is 1. The molecule has 7 heteroatoms. The van der Waals surface area contributed by atoms with Crippen molar-refractivity contribution in [2.24, 2.45) is 11.8 Å². The average molecular weight is 374 g/mol. The Morgan fingerprint density at radius 3 is 2.88 bits per heavy atom. The molecule has 4 rings (SSSR count). The number of nitrogens with one attached hydrogen (secondary N) is 1. The molecule has 0 radical (unpaired) electrons. The lowest BCUT2D eigenvalue weighted by molar-refractivity contribution is -0.118. The molecule has 26 heavy (non-hydrogen) atoms. The van der Waals surface area contributed by atoms with E-state index < -0.39 is 0 Å². The van der Waals surface area contributed by atoms with Gasteiger partial charge in [0.25, 0.3) is 0 Å². The number of carbonyl (C=O) groups is 1. The number of halogens is 1. The number of aromatic nitrogens is 3. The Morgan fingerprint density at radius 1 is 1.23 bits per heavy atom. The van der Waals surface area contributed by atoms with Gasteiger partial charge in [-0.15, -0.1) is 0 Å². The van der Waals surface area contributed by atoms with Crippen molar-refractivity contribution in [3.63, 3.8) is 0 Å². The second-order valence-electron chi connectivity index (χ2n) is 7.38. The van der Waals surface area contributed by atoms with Gasteiger partial charge in [-0.1, -0.05) is 30.9 Å². The minimum Gasteiger partial charge on any atom is -0.323 e. The van der Waals surface area contributed by atoms with E-state index in [4.69, 9.17) is 11.6 Å². The van der Waals surface area contributed by atoms with Crippen LogP contribution >= 0.6 is 11.6 Å². The fourth-order valence-electron chi connectivity index (χ4n) is 4.35. The topological polar surface area (TPSA) is 63.1 Å². The molecule has 138 valence electrons. The molecule has 1 aromatic heterocycles. The maximum Gasteiger partial charge on any atom is 0.238 e. The summed E-state index contributed by atoms with van der Waals surface area (Å²) in [7, 11) is 0. The minimum absolute atomic E-state index is 0.0112. The van der Waals surface area contributed by atoms with Gasteiger partial charge in [-0.05, 0) is 49.4 Å². The van der Waals surface area contributed by atoms with Crippen LogP contribution in [-0.4, -0.2) is 45.2 Å². The molecular weight excluding hydrogens is 350 g/mol. The Morgan fingerprint density at radius 2 is 2.08 bits per heavy atom. The molecule has 2 atom stereocenters. The van der Waals surface area contributed by atoms with Crippen LogP contribution in [0.15, 0.2) is 30.9 Å². The van der Waals surface area contributed by atoms with Gasteiger partial charge in [0, 0.05) is 11.6 Å². The molecule has 2 fully saturated rings. The van der Waals surface area contributed by atoms with Crippen molar-refractivity contribution in [1.82, 2.24) is 19.7 Å². The van der Waals surface area contributed by atoms with Crippen molar-refractivity contribution >= 4 is 23.2 Å². The highest BCUT2D eigenvalue weighted by Gasteiger charge is 2.31. The maximum atomic E-state index is 12.6. The third kappa shape index (κ3) is 3.91. The highest BCUT2D eigenvalue weighted by molar-refractivity contribution is 6.31. The van der Waals surface area contributed by atoms with Gasteiger partial charge in [0.05, 0.1) is 17.9 Å². The number of likely N-dealkylation sites (tertiary alicyclic amines) is 1. The van der Waals surface area contributed by atoms with E-state index in [9.17, 15) is 4.79 Å². The van der Waals surface area contributed by atoms with E-state index in [-0.39, 0.29) is 5.91 Å². The van der Waals surface area contributed by atoms with Crippen molar-refractivity contribution < 1.29 is 4.79 Å². The average Bonchev–Trinajstić information content (AvgIpc) is 3.16. The quantitative estimate of drug-likeness (QED) is 0.892. The van der Waals surface area contributed by atoms with Gasteiger partial charge in [-0.2, -0.15) is 5.10 Å². The van der Waals surface area contributed by atoms with Gasteiger partial charge in [-0.3, -0.25) is 9.69 Å². The SMILES string of the molecule is O=C(CN1CC[C@H]2CCCC[C@@H]2C1)Nc1cc(Cl)ccc1-n1cncn1. The number of piperidine rings is 1. The number of nitrogens with zero attached hydrogens (tertiary/aromatic N) is 4. The smallest absolute Gasteiger partial charge is 0.238 e. The molecule has 6 nitrogen and oxygen atoms in total. The summed E-state index contributed by atoms with van der Waals surface area (Å²) in [6.07, 6.45) is 9.69. The van der Waals surface area contributed by atoms with Crippen LogP contribution in [0.4, 0.5) is 5.69 Å². The lowest BCUT2D eigenvalue weighted by atomic mass is 9.75. The number of amides is 1. The normalized spacial score (nSPS) is 23.4. The maximum absolute atomic E-state index is 12.6. The molecule has 1 saturated carbocycles. The summed E-state index contributed by atoms with van der Waals surface area (Å²) in [6.45, 7) is 2.48. The minimum atomic E-state index is -0.0112. The lowest BCUT2D eigenvalue weighted by Crippen LogP contribution is -2.44. The predicted octanol–water partition coefficient (Wildman–Crippen LogP) is 3.37. The Labute approximate surface area is 158 Å². The van der Waals surface area contributed by atoms with Crippen LogP contribution in [0.5, 0.6) is 0 Å². The zero-order chi connectivity index (χ0) is 17.9. The second-order valence-corrected chi connectivity index (χ2v) is 7.81. The first-order valence-electron chi connectivity index (χ1n) is 9.36. The zero-order valence-electron chi connectivity index (χ0n) is 14.8. The van der Waals surface area contributed by atoms with Crippen LogP contribution < -0.4 is 5.32 Å². The van der Waals surface area contributed by atoms with Crippen LogP contribution in [0.3, 0.4) is 0 Å². The van der Waals surface area contributed by atoms with Crippen molar-refractivity contribution in [3.05, 3.63) is 35.9 Å². The number of benzene rings is 1. The fraction of sp³-hybridized carbons (Fsp3) is 0.526. The molecule has 2 aliphatic rings. The molecule has 1 aliphatic heterocycles. The molecule has 1 amide bonds. The first-order valence-corrected chi connectivity index (χ1v) is 9.73. The summed E-state index contributed by atoms with van der Waals surface area (Å²) in [4.78, 5) is 18.9. The Hall–Kier alpha value is -1.92. The number of hydrogen-bond donors (Lipinski definition) is 1. The highest BCUT2D eigenvalue weighted by Crippen LogP contribution is 2.36. The van der Waals surface area contributed by atoms with Gasteiger partial charge in [0.15, 0.2) is 0 Å². The summed E-state index contributed by atoms with van der Waals surface area (Å²) in [5.41, 5.74) is 1.41. The number of carbonyl (C=O) groups excluding carboxylic acids is 1. The molecule has 1 saturated heterocycles. The standard InChI is InChI=1S/C19H24ClN5O/c20-16-5-6-18(25-13-21-12-22-25)17(9-16)23-19(26)11-24-8-7-14-3-1-2-4-15(14)10-24/h5-6,9,12-15H,1-4,7-8,10-11H2,(H,23,26)/t14-,15-/m1/s1. The van der Waals surface area contributed by atoms with E-state index >= 15 is 0 Å². The molecule has 2 aromatic rings. The largest absolute Gasteiger partial charge is 0.323 e. The molecule has 0 unspecified atom stereocenters. The van der Waals surface area contributed by atoms with E-state index in [2.05, 4.69) is 20.3 Å². The lowest BCUT2D eigenvalue weighted by Gasteiger charge is -2.41.